The number of amidine groups is 1. The summed E-state index contributed by atoms with van der Waals surface area (Å²) < 4.78 is 13.7. The van der Waals surface area contributed by atoms with E-state index in [-0.39, 0.29) is 11.2 Å². The molecule has 0 aliphatic carbocycles. The minimum Gasteiger partial charge on any atom is -0.343 e. The molecule has 25 heavy (non-hydrogen) atoms. The van der Waals surface area contributed by atoms with Crippen LogP contribution in [0.5, 0.6) is 0 Å². The minimum absolute atomic E-state index is 0.00410. The number of hydrogen-bond donors (Lipinski definition) is 2. The zero-order valence-electron chi connectivity index (χ0n) is 14.6. The van der Waals surface area contributed by atoms with Crippen LogP contribution in [0.3, 0.4) is 0 Å². The molecule has 2 aromatic carbocycles. The molecule has 0 bridgehead atoms. The van der Waals surface area contributed by atoms with Crippen molar-refractivity contribution in [3.05, 3.63) is 65.0 Å². The lowest BCUT2D eigenvalue weighted by Crippen LogP contribution is -2.48. The molecule has 1 saturated heterocycles. The van der Waals surface area contributed by atoms with E-state index >= 15 is 0 Å². The highest BCUT2D eigenvalue weighted by molar-refractivity contribution is 6.02. The SMILES string of the molecule is Cc1cccc(CN=C2Nc3ccc(F)cc3CC23CCNCC3)c1. The quantitative estimate of drug-likeness (QED) is 0.867. The predicted molar refractivity (Wildman–Crippen MR) is 101 cm³/mol. The van der Waals surface area contributed by atoms with Crippen LogP contribution < -0.4 is 10.6 Å². The van der Waals surface area contributed by atoms with Gasteiger partial charge in [0.2, 0.25) is 0 Å². The van der Waals surface area contributed by atoms with E-state index < -0.39 is 0 Å². The topological polar surface area (TPSA) is 36.4 Å². The van der Waals surface area contributed by atoms with Crippen molar-refractivity contribution >= 4 is 11.5 Å². The molecule has 4 rings (SSSR count). The lowest BCUT2D eigenvalue weighted by Gasteiger charge is -2.42. The molecule has 0 unspecified atom stereocenters. The Morgan fingerprint density at radius 2 is 1.96 bits per heavy atom. The first-order valence-corrected chi connectivity index (χ1v) is 9.01. The summed E-state index contributed by atoms with van der Waals surface area (Å²) in [7, 11) is 0. The molecule has 2 N–H and O–H groups in total. The zero-order valence-corrected chi connectivity index (χ0v) is 14.6. The molecule has 0 aromatic heterocycles. The molecule has 2 aliphatic rings. The van der Waals surface area contributed by atoms with Gasteiger partial charge in [-0.15, -0.1) is 0 Å². The van der Waals surface area contributed by atoms with Crippen LogP contribution in [0.25, 0.3) is 0 Å². The predicted octanol–water partition coefficient (Wildman–Crippen LogP) is 4.07. The molecular formula is C21H24FN3. The molecule has 2 heterocycles. The summed E-state index contributed by atoms with van der Waals surface area (Å²) in [5, 5.41) is 6.96. The van der Waals surface area contributed by atoms with E-state index in [2.05, 4.69) is 41.8 Å². The van der Waals surface area contributed by atoms with Crippen LogP contribution in [-0.4, -0.2) is 18.9 Å². The number of benzene rings is 2. The summed E-state index contributed by atoms with van der Waals surface area (Å²) in [6, 6.07) is 13.5. The van der Waals surface area contributed by atoms with Crippen LogP contribution in [-0.2, 0) is 13.0 Å². The first-order valence-electron chi connectivity index (χ1n) is 9.01. The summed E-state index contributed by atoms with van der Waals surface area (Å²) in [4.78, 5) is 4.98. The highest BCUT2D eigenvalue weighted by atomic mass is 19.1. The fraction of sp³-hybridized carbons (Fsp3) is 0.381. The van der Waals surface area contributed by atoms with Gasteiger partial charge in [-0.1, -0.05) is 29.8 Å². The van der Waals surface area contributed by atoms with Crippen molar-refractivity contribution in [3.63, 3.8) is 0 Å². The Morgan fingerprint density at radius 1 is 1.12 bits per heavy atom. The van der Waals surface area contributed by atoms with Gasteiger partial charge < -0.3 is 10.6 Å². The summed E-state index contributed by atoms with van der Waals surface area (Å²) in [5.74, 6) is 0.902. The number of hydrogen-bond acceptors (Lipinski definition) is 2. The molecule has 0 radical (unpaired) electrons. The monoisotopic (exact) mass is 337 g/mol. The van der Waals surface area contributed by atoms with Crippen molar-refractivity contribution in [1.82, 2.24) is 5.32 Å². The first-order chi connectivity index (χ1) is 12.1. The Hall–Kier alpha value is -2.20. The molecule has 2 aromatic rings. The molecule has 130 valence electrons. The number of rotatable bonds is 2. The molecule has 2 aliphatic heterocycles. The maximum Gasteiger partial charge on any atom is 0.123 e. The van der Waals surface area contributed by atoms with Crippen molar-refractivity contribution in [2.75, 3.05) is 18.4 Å². The maximum absolute atomic E-state index is 13.7. The molecule has 1 spiro atoms. The molecular weight excluding hydrogens is 313 g/mol. The van der Waals surface area contributed by atoms with Gasteiger partial charge in [-0.2, -0.15) is 0 Å². The summed E-state index contributed by atoms with van der Waals surface area (Å²) in [5.41, 5.74) is 4.54. The van der Waals surface area contributed by atoms with Crippen LogP contribution in [0, 0.1) is 18.2 Å². The van der Waals surface area contributed by atoms with Crippen molar-refractivity contribution < 1.29 is 4.39 Å². The standard InChI is InChI=1S/C21H24FN3/c1-15-3-2-4-16(11-15)14-24-20-21(7-9-23-10-8-21)13-17-12-18(22)5-6-19(17)25-20/h2-6,11-12,23H,7-10,13-14H2,1H3,(H,24,25). The lowest BCUT2D eigenvalue weighted by molar-refractivity contribution is 0.292. The van der Waals surface area contributed by atoms with Crippen molar-refractivity contribution in [1.29, 1.82) is 0 Å². The van der Waals surface area contributed by atoms with Gasteiger partial charge in [-0.05, 0) is 68.6 Å². The normalized spacial score (nSPS) is 20.3. The van der Waals surface area contributed by atoms with E-state index in [4.69, 9.17) is 4.99 Å². The molecule has 3 nitrogen and oxygen atoms in total. The van der Waals surface area contributed by atoms with E-state index in [0.717, 1.165) is 49.4 Å². The molecule has 1 fully saturated rings. The van der Waals surface area contributed by atoms with Crippen LogP contribution in [0.15, 0.2) is 47.5 Å². The van der Waals surface area contributed by atoms with E-state index in [1.165, 1.54) is 17.2 Å². The third kappa shape index (κ3) is 3.31. The number of halogens is 1. The molecule has 4 heteroatoms. The third-order valence-corrected chi connectivity index (χ3v) is 5.41. The Morgan fingerprint density at radius 3 is 2.76 bits per heavy atom. The van der Waals surface area contributed by atoms with Gasteiger partial charge in [0, 0.05) is 11.1 Å². The maximum atomic E-state index is 13.7. The van der Waals surface area contributed by atoms with Crippen LogP contribution in [0.1, 0.15) is 29.5 Å². The van der Waals surface area contributed by atoms with Crippen molar-refractivity contribution in [2.24, 2.45) is 10.4 Å². The Balaban J connectivity index is 1.68. The summed E-state index contributed by atoms with van der Waals surface area (Å²) in [6.07, 6.45) is 2.92. The number of nitrogens with one attached hydrogen (secondary N) is 2. The molecule has 0 atom stereocenters. The largest absolute Gasteiger partial charge is 0.343 e. The Labute approximate surface area is 148 Å². The number of anilines is 1. The molecule has 0 amide bonds. The van der Waals surface area contributed by atoms with Gasteiger partial charge in [0.25, 0.3) is 0 Å². The summed E-state index contributed by atoms with van der Waals surface area (Å²) >= 11 is 0. The van der Waals surface area contributed by atoms with E-state index in [0.29, 0.717) is 6.54 Å². The second-order valence-corrected chi connectivity index (χ2v) is 7.29. The Kier molecular flexibility index (Phi) is 4.30. The van der Waals surface area contributed by atoms with Gasteiger partial charge in [0.1, 0.15) is 11.7 Å². The lowest BCUT2D eigenvalue weighted by atomic mass is 9.71. The minimum atomic E-state index is -0.162. The fourth-order valence-corrected chi connectivity index (χ4v) is 4.05. The second kappa shape index (κ2) is 6.60. The van der Waals surface area contributed by atoms with Crippen LogP contribution in [0.4, 0.5) is 10.1 Å². The van der Waals surface area contributed by atoms with E-state index in [9.17, 15) is 4.39 Å². The average molecular weight is 337 g/mol. The highest BCUT2D eigenvalue weighted by Crippen LogP contribution is 2.41. The highest BCUT2D eigenvalue weighted by Gasteiger charge is 2.41. The number of piperidine rings is 1. The number of aryl methyl sites for hydroxylation is 1. The zero-order chi connectivity index (χ0) is 17.3. The van der Waals surface area contributed by atoms with Crippen LogP contribution >= 0.6 is 0 Å². The van der Waals surface area contributed by atoms with Gasteiger partial charge in [-0.3, -0.25) is 4.99 Å². The number of nitrogens with zero attached hydrogens (tertiary/aromatic N) is 1. The summed E-state index contributed by atoms with van der Waals surface area (Å²) in [6.45, 7) is 4.75. The van der Waals surface area contributed by atoms with Gasteiger partial charge in [0.05, 0.1) is 6.54 Å². The van der Waals surface area contributed by atoms with Gasteiger partial charge in [0.15, 0.2) is 0 Å². The first kappa shape index (κ1) is 16.3. The fourth-order valence-electron chi connectivity index (χ4n) is 4.05. The van der Waals surface area contributed by atoms with Gasteiger partial charge in [-0.25, -0.2) is 4.39 Å². The number of aliphatic imine (C=N–C) groups is 1. The van der Waals surface area contributed by atoms with Crippen molar-refractivity contribution in [3.8, 4) is 0 Å². The second-order valence-electron chi connectivity index (χ2n) is 7.29. The van der Waals surface area contributed by atoms with E-state index in [1.54, 1.807) is 6.07 Å². The van der Waals surface area contributed by atoms with Gasteiger partial charge >= 0.3 is 0 Å². The van der Waals surface area contributed by atoms with Crippen LogP contribution in [0.2, 0.25) is 0 Å². The average Bonchev–Trinajstić information content (AvgIpc) is 2.61. The third-order valence-electron chi connectivity index (χ3n) is 5.41. The van der Waals surface area contributed by atoms with E-state index in [1.807, 2.05) is 6.07 Å². The smallest absolute Gasteiger partial charge is 0.123 e. The number of fused-ring (bicyclic) bond motifs is 1. The Bertz CT molecular complexity index is 807. The van der Waals surface area contributed by atoms with Crippen molar-refractivity contribution in [2.45, 2.75) is 32.7 Å². The molecule has 0 saturated carbocycles.